The van der Waals surface area contributed by atoms with E-state index in [-0.39, 0.29) is 29.0 Å². The predicted octanol–water partition coefficient (Wildman–Crippen LogP) is 9.35. The van der Waals surface area contributed by atoms with Crippen molar-refractivity contribution in [1.82, 2.24) is 4.44 Å². The number of hydrogen-bond donors (Lipinski definition) is 0. The van der Waals surface area contributed by atoms with Crippen molar-refractivity contribution in [1.29, 1.82) is 0 Å². The summed E-state index contributed by atoms with van der Waals surface area (Å²) in [6, 6.07) is 34.7. The second-order valence-corrected chi connectivity index (χ2v) is 17.1. The molecule has 2 atom stereocenters. The van der Waals surface area contributed by atoms with Crippen molar-refractivity contribution in [2.75, 3.05) is 0 Å². The fourth-order valence-corrected chi connectivity index (χ4v) is 17.5. The molecule has 4 aromatic rings. The quantitative estimate of drug-likeness (QED) is 0.165. The van der Waals surface area contributed by atoms with E-state index in [9.17, 15) is 0 Å². The molecule has 0 spiro atoms. The molecule has 0 N–H and O–H groups in total. The second-order valence-electron chi connectivity index (χ2n) is 10.4. The smallest absolute Gasteiger partial charge is 0.164 e. The Labute approximate surface area is 227 Å². The molecule has 0 unspecified atom stereocenters. The molecular formula is C33H35F2NP2. The first-order valence-corrected chi connectivity index (χ1v) is 17.1. The first-order valence-electron chi connectivity index (χ1n) is 13.2. The van der Waals surface area contributed by atoms with Crippen LogP contribution >= 0.6 is 14.8 Å². The van der Waals surface area contributed by atoms with Gasteiger partial charge in [0.25, 0.3) is 0 Å². The van der Waals surface area contributed by atoms with Gasteiger partial charge in [0.2, 0.25) is 0 Å². The summed E-state index contributed by atoms with van der Waals surface area (Å²) in [5.41, 5.74) is 2.81. The molecule has 0 amide bonds. The molecule has 5 heteroatoms. The van der Waals surface area contributed by atoms with E-state index in [0.29, 0.717) is 10.6 Å². The molecule has 0 saturated carbocycles. The van der Waals surface area contributed by atoms with E-state index in [4.69, 9.17) is 13.3 Å². The molecule has 1 aliphatic heterocycles. The van der Waals surface area contributed by atoms with E-state index >= 15 is 8.78 Å². The lowest BCUT2D eigenvalue weighted by molar-refractivity contribution is 0.553. The molecule has 1 heterocycles. The van der Waals surface area contributed by atoms with Gasteiger partial charge in [0.15, 0.2) is 11.6 Å². The van der Waals surface area contributed by atoms with Gasteiger partial charge in [-0.25, -0.2) is 8.78 Å². The summed E-state index contributed by atoms with van der Waals surface area (Å²) in [4.78, 5) is 0. The van der Waals surface area contributed by atoms with Gasteiger partial charge in [-0.05, 0) is 62.1 Å². The van der Waals surface area contributed by atoms with Crippen molar-refractivity contribution in [2.24, 2.45) is 0 Å². The molecule has 4 aromatic carbocycles. The molecule has 5 rings (SSSR count). The predicted molar refractivity (Wildman–Crippen MR) is 161 cm³/mol. The molecule has 0 aliphatic carbocycles. The maximum Gasteiger partial charge on any atom is 0.164 e. The zero-order chi connectivity index (χ0) is 26.9. The molecule has 0 radical (unpaired) electrons. The van der Waals surface area contributed by atoms with Crippen LogP contribution in [0.4, 0.5) is 8.78 Å². The fraction of sp³-hybridized carbons (Fsp3) is 0.212. The number of rotatable bonds is 7. The molecular weight excluding hydrogens is 510 g/mol. The van der Waals surface area contributed by atoms with Crippen molar-refractivity contribution in [3.63, 3.8) is 0 Å². The van der Waals surface area contributed by atoms with E-state index in [1.807, 2.05) is 24.3 Å². The van der Waals surface area contributed by atoms with Gasteiger partial charge in [0.1, 0.15) is 10.6 Å². The molecule has 1 fully saturated rings. The van der Waals surface area contributed by atoms with Crippen LogP contribution < -0.4 is 10.6 Å². The largest absolute Gasteiger partial charge is 0.203 e. The van der Waals surface area contributed by atoms with Gasteiger partial charge < -0.3 is 0 Å². The average Bonchev–Trinajstić information content (AvgIpc) is 3.26. The Morgan fingerprint density at radius 1 is 0.684 bits per heavy atom. The van der Waals surface area contributed by atoms with Gasteiger partial charge in [0, 0.05) is 7.41 Å². The van der Waals surface area contributed by atoms with Crippen LogP contribution in [0, 0.1) is 25.0 Å². The lowest BCUT2D eigenvalue weighted by Gasteiger charge is -2.53. The van der Waals surface area contributed by atoms with Crippen LogP contribution in [0.3, 0.4) is 0 Å². The molecule has 0 aromatic heterocycles. The zero-order valence-electron chi connectivity index (χ0n) is 22.1. The van der Waals surface area contributed by atoms with E-state index in [1.165, 1.54) is 23.3 Å². The maximum absolute atomic E-state index is 15.8. The average molecular weight is 546 g/mol. The van der Waals surface area contributed by atoms with Crippen LogP contribution in [0.1, 0.15) is 49.1 Å². The van der Waals surface area contributed by atoms with E-state index in [2.05, 4.69) is 66.8 Å². The number of benzene rings is 4. The standard InChI is InChI=1S/C33H35F2NP2/c1-25(2)36(38(4,32-21-13-11-19-28(32)34)33-22-14-12-20-29(33)35)37(3)30(26-15-7-5-8-16-26)23-24-31(37)27-17-9-6-10-18-27/h5-22,25,30-31H,3-4,23-24H2,1-2H3/t30-,31-/m0/s1. The molecule has 0 bridgehead atoms. The minimum absolute atomic E-state index is 0.0404. The summed E-state index contributed by atoms with van der Waals surface area (Å²) < 4.78 is 34.0. The van der Waals surface area contributed by atoms with Gasteiger partial charge in [-0.2, -0.15) is 6.66 Å². The summed E-state index contributed by atoms with van der Waals surface area (Å²) in [6.07, 6.45) is 1.94. The molecule has 1 aliphatic rings. The SMILES string of the molecule is [CH2-][P+](c1ccccc1F)(c1ccccc1F)N(C(C)C)[P+]1([CH2-])[C@H](c2ccccc2)CC[C@H]1c1ccccc1. The van der Waals surface area contributed by atoms with Crippen molar-refractivity contribution >= 4 is 25.4 Å². The van der Waals surface area contributed by atoms with Crippen molar-refractivity contribution < 1.29 is 8.78 Å². The van der Waals surface area contributed by atoms with E-state index in [0.717, 1.165) is 12.8 Å². The Kier molecular flexibility index (Phi) is 7.84. The van der Waals surface area contributed by atoms with Crippen LogP contribution in [0.15, 0.2) is 109 Å². The van der Waals surface area contributed by atoms with Gasteiger partial charge in [-0.3, -0.25) is 0 Å². The van der Waals surface area contributed by atoms with Gasteiger partial charge >= 0.3 is 0 Å². The van der Waals surface area contributed by atoms with Crippen LogP contribution in [0.25, 0.3) is 0 Å². The summed E-state index contributed by atoms with van der Waals surface area (Å²) in [5, 5.41) is 0.958. The highest BCUT2D eigenvalue weighted by Crippen LogP contribution is 2.92. The van der Waals surface area contributed by atoms with Crippen molar-refractivity contribution in [2.45, 2.75) is 44.0 Å². The summed E-state index contributed by atoms with van der Waals surface area (Å²) >= 11 is 0. The molecule has 196 valence electrons. The summed E-state index contributed by atoms with van der Waals surface area (Å²) in [7, 11) is -5.43. The monoisotopic (exact) mass is 545 g/mol. The summed E-state index contributed by atoms with van der Waals surface area (Å²) in [6.45, 7) is 14.3. The van der Waals surface area contributed by atoms with Crippen LogP contribution in [0.5, 0.6) is 0 Å². The highest BCUT2D eigenvalue weighted by Gasteiger charge is 2.62. The van der Waals surface area contributed by atoms with Gasteiger partial charge in [-0.1, -0.05) is 84.9 Å². The second kappa shape index (κ2) is 11.0. The Morgan fingerprint density at radius 2 is 1.05 bits per heavy atom. The minimum Gasteiger partial charge on any atom is -0.203 e. The Bertz CT molecular complexity index is 1280. The van der Waals surface area contributed by atoms with Crippen LogP contribution in [0.2, 0.25) is 0 Å². The third-order valence-corrected chi connectivity index (χ3v) is 17.7. The maximum atomic E-state index is 15.8. The number of nitrogens with zero attached hydrogens (tertiary/aromatic N) is 1. The molecule has 1 saturated heterocycles. The Morgan fingerprint density at radius 3 is 1.42 bits per heavy atom. The lowest BCUT2D eigenvalue weighted by atomic mass is 10.0. The van der Waals surface area contributed by atoms with Crippen LogP contribution in [-0.2, 0) is 0 Å². The number of halogens is 2. The third kappa shape index (κ3) is 4.54. The Balaban J connectivity index is 1.83. The first kappa shape index (κ1) is 27.1. The number of hydrogen-bond acceptors (Lipinski definition) is 1. The highest BCUT2D eigenvalue weighted by molar-refractivity contribution is 7.97. The minimum atomic E-state index is -3.03. The lowest BCUT2D eigenvalue weighted by Crippen LogP contribution is -2.42. The fourth-order valence-electron chi connectivity index (χ4n) is 6.43. The van der Waals surface area contributed by atoms with E-state index < -0.39 is 14.8 Å². The molecule has 1 nitrogen and oxygen atoms in total. The van der Waals surface area contributed by atoms with Gasteiger partial charge in [-0.15, -0.1) is 11.1 Å². The third-order valence-electron chi connectivity index (χ3n) is 7.86. The summed E-state index contributed by atoms with van der Waals surface area (Å²) in [5.74, 6) is -0.689. The molecule has 38 heavy (non-hydrogen) atoms. The first-order chi connectivity index (χ1) is 18.3. The van der Waals surface area contributed by atoms with Crippen molar-refractivity contribution in [3.8, 4) is 0 Å². The highest BCUT2D eigenvalue weighted by atomic mass is 31.2. The topological polar surface area (TPSA) is 3.24 Å². The zero-order valence-corrected chi connectivity index (χ0v) is 23.8. The van der Waals surface area contributed by atoms with Crippen molar-refractivity contribution in [3.05, 3.63) is 145 Å². The van der Waals surface area contributed by atoms with Crippen LogP contribution in [-0.4, -0.2) is 10.5 Å². The van der Waals surface area contributed by atoms with E-state index in [1.54, 1.807) is 24.3 Å². The normalized spacial score (nSPS) is 19.3. The Hall–Kier alpha value is -2.44. The van der Waals surface area contributed by atoms with Gasteiger partial charge in [0.05, 0.1) is 24.8 Å².